The zero-order chi connectivity index (χ0) is 15.6. The number of rotatable bonds is 3. The summed E-state index contributed by atoms with van der Waals surface area (Å²) in [4.78, 5) is 19.5. The largest absolute Gasteiger partial charge is 0.356 e. The molecular weight excluding hydrogens is 295 g/mol. The van der Waals surface area contributed by atoms with Crippen LogP contribution in [0.4, 0.5) is 0 Å². The van der Waals surface area contributed by atoms with E-state index in [0.717, 1.165) is 29.5 Å². The van der Waals surface area contributed by atoms with Gasteiger partial charge in [0.25, 0.3) is 0 Å². The van der Waals surface area contributed by atoms with Gasteiger partial charge in [0, 0.05) is 5.56 Å². The van der Waals surface area contributed by atoms with E-state index in [1.165, 1.54) is 19.3 Å². The molecule has 0 aromatic heterocycles. The van der Waals surface area contributed by atoms with Gasteiger partial charge in [0.2, 0.25) is 0 Å². The molecule has 3 nitrogen and oxygen atoms in total. The summed E-state index contributed by atoms with van der Waals surface area (Å²) in [6.45, 7) is 0. The zero-order valence-electron chi connectivity index (χ0n) is 12.5. The Labute approximate surface area is 131 Å². The summed E-state index contributed by atoms with van der Waals surface area (Å²) < 4.78 is 12.0. The first-order valence-electron chi connectivity index (χ1n) is 7.82. The van der Waals surface area contributed by atoms with Crippen LogP contribution in [0.3, 0.4) is 0 Å². The second-order valence-electron chi connectivity index (χ2n) is 5.99. The lowest BCUT2D eigenvalue weighted by Crippen LogP contribution is -2.14. The lowest BCUT2D eigenvalue weighted by atomic mass is 9.81. The molecule has 1 fully saturated rings. The van der Waals surface area contributed by atoms with Crippen molar-refractivity contribution in [1.29, 1.82) is 0 Å². The molecule has 1 aliphatic carbocycles. The summed E-state index contributed by atoms with van der Waals surface area (Å²) >= 11 is 0. The third kappa shape index (κ3) is 3.17. The van der Waals surface area contributed by atoms with Gasteiger partial charge in [-0.15, -0.1) is 0 Å². The van der Waals surface area contributed by atoms with Crippen molar-refractivity contribution >= 4 is 12.9 Å². The minimum Gasteiger partial charge on any atom is -0.321 e. The maximum atomic E-state index is 12.0. The number of benzene rings is 2. The quantitative estimate of drug-likeness (QED) is 0.834. The molecule has 0 saturated heterocycles. The van der Waals surface area contributed by atoms with Crippen molar-refractivity contribution in [2.45, 2.75) is 38.0 Å². The Kier molecular flexibility index (Phi) is 4.49. The maximum Gasteiger partial charge on any atom is 0.356 e. The lowest BCUT2D eigenvalue weighted by molar-refractivity contribution is 0.387. The van der Waals surface area contributed by atoms with E-state index < -0.39 is 7.60 Å². The second-order valence-corrected chi connectivity index (χ2v) is 7.56. The van der Waals surface area contributed by atoms with Gasteiger partial charge in [-0.1, -0.05) is 61.7 Å². The lowest BCUT2D eigenvalue weighted by Gasteiger charge is -2.26. The van der Waals surface area contributed by atoms with Crippen LogP contribution in [0, 0.1) is 0 Å². The number of hydrogen-bond acceptors (Lipinski definition) is 1. The molecule has 2 aromatic carbocycles. The van der Waals surface area contributed by atoms with Gasteiger partial charge in [-0.05, 0) is 36.0 Å². The summed E-state index contributed by atoms with van der Waals surface area (Å²) in [7, 11) is -4.30. The van der Waals surface area contributed by atoms with E-state index in [1.807, 2.05) is 36.4 Å². The smallest absolute Gasteiger partial charge is 0.321 e. The van der Waals surface area contributed by atoms with Crippen LogP contribution < -0.4 is 5.30 Å². The Balaban J connectivity index is 2.19. The first kappa shape index (κ1) is 15.5. The second kappa shape index (κ2) is 6.37. The molecular formula is C18H21O3P. The molecule has 1 aliphatic rings. The van der Waals surface area contributed by atoms with Crippen LogP contribution in [-0.2, 0) is 4.57 Å². The highest BCUT2D eigenvalue weighted by Crippen LogP contribution is 2.43. The van der Waals surface area contributed by atoms with Gasteiger partial charge in [-0.2, -0.15) is 0 Å². The molecule has 2 N–H and O–H groups in total. The van der Waals surface area contributed by atoms with Gasteiger partial charge >= 0.3 is 7.60 Å². The van der Waals surface area contributed by atoms with Crippen molar-refractivity contribution in [2.24, 2.45) is 0 Å². The molecule has 1 saturated carbocycles. The molecule has 0 spiro atoms. The van der Waals surface area contributed by atoms with Gasteiger partial charge in [-0.25, -0.2) is 0 Å². The molecule has 0 heterocycles. The minimum absolute atomic E-state index is 0.154. The summed E-state index contributed by atoms with van der Waals surface area (Å²) in [5.74, 6) is 0.399. The average molecular weight is 316 g/mol. The van der Waals surface area contributed by atoms with E-state index >= 15 is 0 Å². The molecule has 0 unspecified atom stereocenters. The van der Waals surface area contributed by atoms with E-state index in [0.29, 0.717) is 5.92 Å². The van der Waals surface area contributed by atoms with Crippen molar-refractivity contribution in [2.75, 3.05) is 0 Å². The topological polar surface area (TPSA) is 57.5 Å². The van der Waals surface area contributed by atoms with Crippen LogP contribution >= 0.6 is 7.60 Å². The zero-order valence-corrected chi connectivity index (χ0v) is 13.4. The average Bonchev–Trinajstić information content (AvgIpc) is 2.55. The van der Waals surface area contributed by atoms with Crippen LogP contribution in [0.2, 0.25) is 0 Å². The van der Waals surface area contributed by atoms with Gasteiger partial charge in [0.1, 0.15) is 0 Å². The Bertz CT molecular complexity index is 685. The predicted molar refractivity (Wildman–Crippen MR) is 89.4 cm³/mol. The molecule has 0 atom stereocenters. The number of hydrogen-bond donors (Lipinski definition) is 2. The van der Waals surface area contributed by atoms with Crippen molar-refractivity contribution in [3.05, 3.63) is 54.1 Å². The first-order chi connectivity index (χ1) is 10.6. The van der Waals surface area contributed by atoms with E-state index in [2.05, 4.69) is 0 Å². The molecule has 116 valence electrons. The van der Waals surface area contributed by atoms with Gasteiger partial charge in [-0.3, -0.25) is 4.57 Å². The highest BCUT2D eigenvalue weighted by Gasteiger charge is 2.27. The summed E-state index contributed by atoms with van der Waals surface area (Å²) in [5, 5.41) is 0.154. The fourth-order valence-electron chi connectivity index (χ4n) is 3.47. The minimum atomic E-state index is -4.30. The highest BCUT2D eigenvalue weighted by molar-refractivity contribution is 7.60. The summed E-state index contributed by atoms with van der Waals surface area (Å²) in [6, 6.07) is 15.0. The Morgan fingerprint density at radius 3 is 2.18 bits per heavy atom. The normalized spacial score (nSPS) is 16.6. The van der Waals surface area contributed by atoms with Crippen LogP contribution in [0.25, 0.3) is 11.1 Å². The van der Waals surface area contributed by atoms with Gasteiger partial charge in [0.05, 0.1) is 5.30 Å². The van der Waals surface area contributed by atoms with E-state index in [1.54, 1.807) is 12.1 Å². The molecule has 3 rings (SSSR count). The highest BCUT2D eigenvalue weighted by atomic mass is 31.2. The Morgan fingerprint density at radius 2 is 1.55 bits per heavy atom. The fourth-order valence-corrected chi connectivity index (χ4v) is 4.30. The standard InChI is InChI=1S/C18H21O3P/c19-22(20,21)17-13-7-12-16(14-8-3-1-4-9-14)18(17)15-10-5-2-6-11-15/h2,5-7,10-14H,1,3-4,8-9H2,(H2,19,20,21). The summed E-state index contributed by atoms with van der Waals surface area (Å²) in [5.41, 5.74) is 2.72. The van der Waals surface area contributed by atoms with Crippen molar-refractivity contribution in [1.82, 2.24) is 0 Å². The monoisotopic (exact) mass is 316 g/mol. The van der Waals surface area contributed by atoms with E-state index in [4.69, 9.17) is 0 Å². The van der Waals surface area contributed by atoms with Gasteiger partial charge < -0.3 is 9.79 Å². The van der Waals surface area contributed by atoms with Crippen molar-refractivity contribution < 1.29 is 14.4 Å². The third-order valence-electron chi connectivity index (χ3n) is 4.50. The van der Waals surface area contributed by atoms with Crippen LogP contribution in [0.1, 0.15) is 43.6 Å². The Hall–Kier alpha value is -1.41. The van der Waals surface area contributed by atoms with Gasteiger partial charge in [0.15, 0.2) is 0 Å². The molecule has 0 radical (unpaired) electrons. The molecule has 22 heavy (non-hydrogen) atoms. The molecule has 2 aromatic rings. The van der Waals surface area contributed by atoms with Crippen LogP contribution in [0.15, 0.2) is 48.5 Å². The molecule has 0 bridgehead atoms. The van der Waals surface area contributed by atoms with E-state index in [-0.39, 0.29) is 5.30 Å². The fraction of sp³-hybridized carbons (Fsp3) is 0.333. The van der Waals surface area contributed by atoms with Crippen LogP contribution in [0.5, 0.6) is 0 Å². The van der Waals surface area contributed by atoms with E-state index in [9.17, 15) is 14.4 Å². The first-order valence-corrected chi connectivity index (χ1v) is 9.43. The van der Waals surface area contributed by atoms with Crippen molar-refractivity contribution in [3.63, 3.8) is 0 Å². The Morgan fingerprint density at radius 1 is 0.864 bits per heavy atom. The van der Waals surface area contributed by atoms with Crippen molar-refractivity contribution in [3.8, 4) is 11.1 Å². The SMILES string of the molecule is O=P(O)(O)c1cccc(C2CCCCC2)c1-c1ccccc1. The van der Waals surface area contributed by atoms with Crippen LogP contribution in [-0.4, -0.2) is 9.79 Å². The predicted octanol–water partition coefficient (Wildman–Crippen LogP) is 4.20. The molecule has 4 heteroatoms. The molecule has 0 aliphatic heterocycles. The summed E-state index contributed by atoms with van der Waals surface area (Å²) in [6.07, 6.45) is 5.85. The molecule has 0 amide bonds. The third-order valence-corrected chi connectivity index (χ3v) is 5.50. The maximum absolute atomic E-state index is 12.0.